The van der Waals surface area contributed by atoms with E-state index in [-0.39, 0.29) is 12.4 Å². The summed E-state index contributed by atoms with van der Waals surface area (Å²) in [7, 11) is 3.61. The maximum absolute atomic E-state index is 5.12. The molecule has 0 amide bonds. The van der Waals surface area contributed by atoms with Crippen LogP contribution >= 0.6 is 12.4 Å². The van der Waals surface area contributed by atoms with Crippen molar-refractivity contribution in [1.82, 2.24) is 9.78 Å². The lowest BCUT2D eigenvalue weighted by Crippen LogP contribution is -2.01. The Morgan fingerprint density at radius 1 is 1.28 bits per heavy atom. The van der Waals surface area contributed by atoms with Crippen molar-refractivity contribution >= 4 is 18.1 Å². The largest absolute Gasteiger partial charge is 0.497 e. The molecule has 0 aliphatic rings. The van der Waals surface area contributed by atoms with E-state index in [1.54, 1.807) is 7.11 Å². The van der Waals surface area contributed by atoms with Crippen molar-refractivity contribution in [3.8, 4) is 5.75 Å². The molecule has 0 unspecified atom stereocenters. The molecule has 0 bridgehead atoms. The highest BCUT2D eigenvalue weighted by Crippen LogP contribution is 2.15. The molecule has 0 atom stereocenters. The molecule has 1 N–H and O–H groups in total. The first-order chi connectivity index (χ1) is 8.20. The van der Waals surface area contributed by atoms with Gasteiger partial charge in [0.25, 0.3) is 0 Å². The van der Waals surface area contributed by atoms with Gasteiger partial charge in [-0.15, -0.1) is 12.4 Å². The highest BCUT2D eigenvalue weighted by Gasteiger charge is 2.02. The van der Waals surface area contributed by atoms with Crippen LogP contribution in [0.25, 0.3) is 0 Å². The first-order valence-corrected chi connectivity index (χ1v) is 5.56. The van der Waals surface area contributed by atoms with Gasteiger partial charge in [0.1, 0.15) is 5.75 Å². The number of ether oxygens (including phenoxy) is 1. The van der Waals surface area contributed by atoms with E-state index >= 15 is 0 Å². The molecule has 0 spiro atoms. The van der Waals surface area contributed by atoms with Crippen molar-refractivity contribution in [2.24, 2.45) is 7.05 Å². The summed E-state index contributed by atoms with van der Waals surface area (Å²) in [5, 5.41) is 7.55. The van der Waals surface area contributed by atoms with Gasteiger partial charge >= 0.3 is 0 Å². The molecule has 2 rings (SSSR count). The molecule has 1 aromatic heterocycles. The molecular weight excluding hydrogens is 250 g/mol. The van der Waals surface area contributed by atoms with E-state index in [1.165, 1.54) is 5.56 Å². The van der Waals surface area contributed by atoms with Crippen LogP contribution in [0.2, 0.25) is 0 Å². The number of nitrogens with zero attached hydrogens (tertiary/aromatic N) is 2. The van der Waals surface area contributed by atoms with E-state index in [4.69, 9.17) is 4.74 Å². The Labute approximate surface area is 113 Å². The van der Waals surface area contributed by atoms with Crippen LogP contribution in [-0.2, 0) is 13.6 Å². The molecule has 0 aliphatic carbocycles. The fourth-order valence-corrected chi connectivity index (χ4v) is 1.61. The second-order valence-electron chi connectivity index (χ2n) is 3.97. The maximum atomic E-state index is 5.12. The zero-order chi connectivity index (χ0) is 12.3. The summed E-state index contributed by atoms with van der Waals surface area (Å²) >= 11 is 0. The zero-order valence-electron chi connectivity index (χ0n) is 10.8. The molecule has 1 heterocycles. The van der Waals surface area contributed by atoms with Crippen molar-refractivity contribution in [3.05, 3.63) is 41.7 Å². The topological polar surface area (TPSA) is 39.1 Å². The third-order valence-electron chi connectivity index (χ3n) is 2.88. The molecule has 98 valence electrons. The number of anilines is 1. The molecule has 5 heteroatoms. The number of benzene rings is 1. The van der Waals surface area contributed by atoms with Crippen molar-refractivity contribution < 1.29 is 4.74 Å². The summed E-state index contributed by atoms with van der Waals surface area (Å²) < 4.78 is 6.98. The van der Waals surface area contributed by atoms with Gasteiger partial charge in [-0.2, -0.15) is 5.10 Å². The van der Waals surface area contributed by atoms with Crippen molar-refractivity contribution in [3.63, 3.8) is 0 Å². The normalized spacial score (nSPS) is 9.72. The molecule has 2 aromatic rings. The Bertz CT molecular complexity index is 493. The Balaban J connectivity index is 0.00000162. The lowest BCUT2D eigenvalue weighted by molar-refractivity contribution is 0.414. The van der Waals surface area contributed by atoms with Crippen LogP contribution in [0, 0.1) is 6.92 Å². The number of hydrogen-bond acceptors (Lipinski definition) is 3. The van der Waals surface area contributed by atoms with Crippen LogP contribution < -0.4 is 10.1 Å². The number of hydrogen-bond donors (Lipinski definition) is 1. The highest BCUT2D eigenvalue weighted by atomic mass is 35.5. The minimum atomic E-state index is 0. The maximum Gasteiger partial charge on any atom is 0.118 e. The predicted octanol–water partition coefficient (Wildman–Crippen LogP) is 2.77. The van der Waals surface area contributed by atoms with Gasteiger partial charge in [-0.3, -0.25) is 4.68 Å². The predicted molar refractivity (Wildman–Crippen MR) is 75.5 cm³/mol. The van der Waals surface area contributed by atoms with Crippen LogP contribution in [0.5, 0.6) is 5.75 Å². The summed E-state index contributed by atoms with van der Waals surface area (Å²) in [6.45, 7) is 2.83. The number of nitrogens with one attached hydrogen (secondary N) is 1. The molecule has 0 aliphatic heterocycles. The molecule has 0 radical (unpaired) electrons. The lowest BCUT2D eigenvalue weighted by Gasteiger charge is -2.06. The zero-order valence-corrected chi connectivity index (χ0v) is 11.6. The summed E-state index contributed by atoms with van der Waals surface area (Å²) in [5.74, 6) is 0.881. The summed E-state index contributed by atoms with van der Waals surface area (Å²) in [6, 6.07) is 8.04. The first kappa shape index (κ1) is 14.4. The van der Waals surface area contributed by atoms with E-state index < -0.39 is 0 Å². The number of aryl methyl sites for hydroxylation is 1. The van der Waals surface area contributed by atoms with Crippen LogP contribution in [-0.4, -0.2) is 16.9 Å². The van der Waals surface area contributed by atoms with E-state index in [0.717, 1.165) is 23.7 Å². The van der Waals surface area contributed by atoms with Gasteiger partial charge in [-0.1, -0.05) is 12.1 Å². The molecule has 0 saturated carbocycles. The average molecular weight is 268 g/mol. The van der Waals surface area contributed by atoms with Crippen LogP contribution in [0.15, 0.2) is 30.5 Å². The fourth-order valence-electron chi connectivity index (χ4n) is 1.61. The molecule has 4 nitrogen and oxygen atoms in total. The molecule has 18 heavy (non-hydrogen) atoms. The van der Waals surface area contributed by atoms with Gasteiger partial charge < -0.3 is 10.1 Å². The molecule has 0 fully saturated rings. The van der Waals surface area contributed by atoms with Crippen molar-refractivity contribution in [2.45, 2.75) is 13.5 Å². The second kappa shape index (κ2) is 6.31. The van der Waals surface area contributed by atoms with Crippen LogP contribution in [0.1, 0.15) is 11.3 Å². The Morgan fingerprint density at radius 2 is 1.94 bits per heavy atom. The SMILES string of the molecule is COc1ccc(CNc2cnn(C)c2C)cc1.Cl. The Hall–Kier alpha value is -1.68. The van der Waals surface area contributed by atoms with Crippen LogP contribution in [0.3, 0.4) is 0 Å². The monoisotopic (exact) mass is 267 g/mol. The van der Waals surface area contributed by atoms with Crippen LogP contribution in [0.4, 0.5) is 5.69 Å². The fraction of sp³-hybridized carbons (Fsp3) is 0.308. The quantitative estimate of drug-likeness (QED) is 0.926. The minimum absolute atomic E-state index is 0. The summed E-state index contributed by atoms with van der Waals surface area (Å²) in [6.07, 6.45) is 1.85. The summed E-state index contributed by atoms with van der Waals surface area (Å²) in [5.41, 5.74) is 3.43. The van der Waals surface area contributed by atoms with Crippen molar-refractivity contribution in [2.75, 3.05) is 12.4 Å². The van der Waals surface area contributed by atoms with E-state index in [2.05, 4.69) is 22.5 Å². The summed E-state index contributed by atoms with van der Waals surface area (Å²) in [4.78, 5) is 0. The first-order valence-electron chi connectivity index (χ1n) is 5.56. The third-order valence-corrected chi connectivity index (χ3v) is 2.88. The van der Waals surface area contributed by atoms with Gasteiger partial charge in [-0.25, -0.2) is 0 Å². The molecule has 0 saturated heterocycles. The number of rotatable bonds is 4. The standard InChI is InChI=1S/C13H17N3O.ClH/c1-10-13(9-15-16(10)2)14-8-11-4-6-12(17-3)7-5-11;/h4-7,9,14H,8H2,1-3H3;1H. The van der Waals surface area contributed by atoms with Gasteiger partial charge in [0.15, 0.2) is 0 Å². The average Bonchev–Trinajstić information content (AvgIpc) is 2.68. The van der Waals surface area contributed by atoms with Gasteiger partial charge in [0, 0.05) is 13.6 Å². The third kappa shape index (κ3) is 3.17. The van der Waals surface area contributed by atoms with Gasteiger partial charge in [-0.05, 0) is 24.6 Å². The molecular formula is C13H18ClN3O. The number of aromatic nitrogens is 2. The lowest BCUT2D eigenvalue weighted by atomic mass is 10.2. The molecule has 1 aromatic carbocycles. The van der Waals surface area contributed by atoms with E-state index in [1.807, 2.05) is 37.0 Å². The number of methoxy groups -OCH3 is 1. The minimum Gasteiger partial charge on any atom is -0.497 e. The van der Waals surface area contributed by atoms with E-state index in [0.29, 0.717) is 0 Å². The van der Waals surface area contributed by atoms with Crippen molar-refractivity contribution in [1.29, 1.82) is 0 Å². The smallest absolute Gasteiger partial charge is 0.118 e. The second-order valence-corrected chi connectivity index (χ2v) is 3.97. The highest BCUT2D eigenvalue weighted by molar-refractivity contribution is 5.85. The number of halogens is 1. The van der Waals surface area contributed by atoms with Gasteiger partial charge in [0.2, 0.25) is 0 Å². The van der Waals surface area contributed by atoms with Gasteiger partial charge in [0.05, 0.1) is 24.7 Å². The Morgan fingerprint density at radius 3 is 2.44 bits per heavy atom. The van der Waals surface area contributed by atoms with E-state index in [9.17, 15) is 0 Å². The Kier molecular flexibility index (Phi) is 5.04.